The third-order valence-corrected chi connectivity index (χ3v) is 3.09. The van der Waals surface area contributed by atoms with Crippen LogP contribution in [0.25, 0.3) is 10.9 Å². The van der Waals surface area contributed by atoms with Crippen LogP contribution in [0.4, 0.5) is 13.2 Å². The van der Waals surface area contributed by atoms with Gasteiger partial charge in [-0.2, -0.15) is 13.2 Å². The van der Waals surface area contributed by atoms with Gasteiger partial charge in [0.15, 0.2) is 0 Å². The Morgan fingerprint density at radius 2 is 2.00 bits per heavy atom. The Balaban J connectivity index is 2.48. The summed E-state index contributed by atoms with van der Waals surface area (Å²) in [6, 6.07) is 5.04. The molecule has 1 heterocycles. The highest BCUT2D eigenvalue weighted by Crippen LogP contribution is 2.36. The fraction of sp³-hybridized carbons (Fsp3) is 0.429. The maximum absolute atomic E-state index is 13.0. The van der Waals surface area contributed by atoms with Crippen molar-refractivity contribution >= 4 is 10.9 Å². The minimum atomic E-state index is -4.32. The molecule has 0 atom stereocenters. The van der Waals surface area contributed by atoms with E-state index in [0.29, 0.717) is 25.1 Å². The number of aromatic nitrogens is 1. The molecule has 2 nitrogen and oxygen atoms in total. The molecular formula is C14H16F3NO. The molecular weight excluding hydrogens is 255 g/mol. The summed E-state index contributed by atoms with van der Waals surface area (Å²) in [5, 5.41) is 0.260. The Morgan fingerprint density at radius 1 is 1.26 bits per heavy atom. The van der Waals surface area contributed by atoms with Gasteiger partial charge in [0.05, 0.1) is 5.56 Å². The second-order valence-electron chi connectivity index (χ2n) is 4.60. The molecule has 0 unspecified atom stereocenters. The Morgan fingerprint density at radius 3 is 2.63 bits per heavy atom. The molecule has 0 radical (unpaired) electrons. The van der Waals surface area contributed by atoms with Crippen LogP contribution in [-0.4, -0.2) is 18.3 Å². The summed E-state index contributed by atoms with van der Waals surface area (Å²) in [4.78, 5) is 0. The summed E-state index contributed by atoms with van der Waals surface area (Å²) < 4.78 is 45.5. The number of benzene rings is 1. The van der Waals surface area contributed by atoms with Crippen molar-refractivity contribution in [3.8, 4) is 0 Å². The number of alkyl halides is 3. The van der Waals surface area contributed by atoms with Crippen LogP contribution >= 0.6 is 0 Å². The van der Waals surface area contributed by atoms with Crippen molar-refractivity contribution in [2.45, 2.75) is 26.1 Å². The van der Waals surface area contributed by atoms with Gasteiger partial charge in [-0.1, -0.05) is 12.1 Å². The topological polar surface area (TPSA) is 14.2 Å². The van der Waals surface area contributed by atoms with Crippen LogP contribution < -0.4 is 0 Å². The zero-order chi connectivity index (χ0) is 14.0. The van der Waals surface area contributed by atoms with Crippen molar-refractivity contribution in [1.29, 1.82) is 0 Å². The second kappa shape index (κ2) is 5.25. The van der Waals surface area contributed by atoms with E-state index in [1.807, 2.05) is 6.92 Å². The number of fused-ring (bicyclic) bond motifs is 1. The molecule has 5 heteroatoms. The Bertz CT molecular complexity index is 572. The zero-order valence-electron chi connectivity index (χ0n) is 10.9. The normalized spacial score (nSPS) is 12.3. The summed E-state index contributed by atoms with van der Waals surface area (Å²) in [6.07, 6.45) is -2.44. The summed E-state index contributed by atoms with van der Waals surface area (Å²) in [7, 11) is 1.58. The maximum atomic E-state index is 13.0. The number of halogens is 3. The number of hydrogen-bond donors (Lipinski definition) is 0. The first-order valence-electron chi connectivity index (χ1n) is 6.09. The van der Waals surface area contributed by atoms with E-state index in [4.69, 9.17) is 4.74 Å². The highest BCUT2D eigenvalue weighted by atomic mass is 19.4. The lowest BCUT2D eigenvalue weighted by Gasteiger charge is -2.05. The fourth-order valence-electron chi connectivity index (χ4n) is 2.19. The van der Waals surface area contributed by atoms with E-state index >= 15 is 0 Å². The van der Waals surface area contributed by atoms with Crippen molar-refractivity contribution in [3.05, 3.63) is 35.5 Å². The smallest absolute Gasteiger partial charge is 0.385 e. The Hall–Kier alpha value is -1.49. The van der Waals surface area contributed by atoms with Crippen LogP contribution in [-0.2, 0) is 17.5 Å². The number of methoxy groups -OCH3 is 1. The van der Waals surface area contributed by atoms with Crippen molar-refractivity contribution in [2.75, 3.05) is 13.7 Å². The number of rotatable bonds is 4. The molecule has 0 saturated carbocycles. The monoisotopic (exact) mass is 271 g/mol. The lowest BCUT2D eigenvalue weighted by atomic mass is 10.1. The largest absolute Gasteiger partial charge is 0.418 e. The first kappa shape index (κ1) is 13.9. The minimum absolute atomic E-state index is 0.260. The molecule has 0 spiro atoms. The number of aryl methyl sites for hydroxylation is 2. The highest BCUT2D eigenvalue weighted by Gasteiger charge is 2.34. The van der Waals surface area contributed by atoms with Gasteiger partial charge in [-0.15, -0.1) is 0 Å². The molecule has 0 aliphatic rings. The Labute approximate surface area is 109 Å². The van der Waals surface area contributed by atoms with Gasteiger partial charge in [-0.25, -0.2) is 0 Å². The molecule has 0 N–H and O–H groups in total. The summed E-state index contributed by atoms with van der Waals surface area (Å²) >= 11 is 0. The van der Waals surface area contributed by atoms with Crippen molar-refractivity contribution in [3.63, 3.8) is 0 Å². The van der Waals surface area contributed by atoms with Crippen LogP contribution in [0.5, 0.6) is 0 Å². The fourth-order valence-corrected chi connectivity index (χ4v) is 2.19. The van der Waals surface area contributed by atoms with Crippen molar-refractivity contribution in [2.24, 2.45) is 0 Å². The minimum Gasteiger partial charge on any atom is -0.385 e. The standard InChI is InChI=1S/C14H16F3NO/c1-10-4-5-11-12(14(15,16)17)9-18(13(11)8-10)6-3-7-19-2/h4-5,8-9H,3,6-7H2,1-2H3. The number of ether oxygens (including phenoxy) is 1. The van der Waals surface area contributed by atoms with Gasteiger partial charge in [0.25, 0.3) is 0 Å². The molecule has 0 aliphatic heterocycles. The van der Waals surface area contributed by atoms with Crippen LogP contribution in [0.15, 0.2) is 24.4 Å². The van der Waals surface area contributed by atoms with Gasteiger partial charge in [0.2, 0.25) is 0 Å². The molecule has 2 aromatic rings. The summed E-state index contributed by atoms with van der Waals surface area (Å²) in [6.45, 7) is 2.93. The first-order valence-corrected chi connectivity index (χ1v) is 6.09. The third kappa shape index (κ3) is 2.92. The molecule has 2 rings (SSSR count). The van der Waals surface area contributed by atoms with E-state index in [9.17, 15) is 13.2 Å². The molecule has 0 bridgehead atoms. The summed E-state index contributed by atoms with van der Waals surface area (Å²) in [5.74, 6) is 0. The molecule has 0 saturated heterocycles. The summed E-state index contributed by atoms with van der Waals surface area (Å²) in [5.41, 5.74) is 1.01. The number of nitrogens with zero attached hydrogens (tertiary/aromatic N) is 1. The van der Waals surface area contributed by atoms with Crippen molar-refractivity contribution in [1.82, 2.24) is 4.57 Å². The van der Waals surface area contributed by atoms with Crippen LogP contribution in [0, 0.1) is 6.92 Å². The first-order chi connectivity index (χ1) is 8.93. The quantitative estimate of drug-likeness (QED) is 0.766. The molecule has 19 heavy (non-hydrogen) atoms. The zero-order valence-corrected chi connectivity index (χ0v) is 10.9. The van der Waals surface area contributed by atoms with Gasteiger partial charge in [-0.05, 0) is 25.0 Å². The van der Waals surface area contributed by atoms with Crippen molar-refractivity contribution < 1.29 is 17.9 Å². The predicted octanol–water partition coefficient (Wildman–Crippen LogP) is 4.01. The highest BCUT2D eigenvalue weighted by molar-refractivity contribution is 5.85. The van der Waals surface area contributed by atoms with Crippen LogP contribution in [0.3, 0.4) is 0 Å². The molecule has 1 aromatic heterocycles. The van der Waals surface area contributed by atoms with E-state index in [2.05, 4.69) is 0 Å². The molecule has 104 valence electrons. The van der Waals surface area contributed by atoms with Gasteiger partial charge < -0.3 is 9.30 Å². The molecule has 0 aliphatic carbocycles. The molecule has 1 aromatic carbocycles. The van der Waals surface area contributed by atoms with E-state index in [0.717, 1.165) is 5.56 Å². The van der Waals surface area contributed by atoms with Crippen LogP contribution in [0.2, 0.25) is 0 Å². The van der Waals surface area contributed by atoms with E-state index in [-0.39, 0.29) is 5.39 Å². The van der Waals surface area contributed by atoms with Gasteiger partial charge in [0.1, 0.15) is 0 Å². The lowest BCUT2D eigenvalue weighted by molar-refractivity contribution is -0.136. The van der Waals surface area contributed by atoms with Gasteiger partial charge >= 0.3 is 6.18 Å². The lowest BCUT2D eigenvalue weighted by Crippen LogP contribution is -2.04. The SMILES string of the molecule is COCCCn1cc(C(F)(F)F)c2ccc(C)cc21. The maximum Gasteiger partial charge on any atom is 0.418 e. The van der Waals surface area contributed by atoms with E-state index in [1.165, 1.54) is 6.20 Å². The van der Waals surface area contributed by atoms with Crippen LogP contribution in [0.1, 0.15) is 17.5 Å². The molecule has 0 amide bonds. The van der Waals surface area contributed by atoms with E-state index < -0.39 is 11.7 Å². The molecule has 0 fully saturated rings. The van der Waals surface area contributed by atoms with Gasteiger partial charge in [0, 0.05) is 37.4 Å². The third-order valence-electron chi connectivity index (χ3n) is 3.09. The average Bonchev–Trinajstić information content (AvgIpc) is 2.68. The number of hydrogen-bond acceptors (Lipinski definition) is 1. The second-order valence-corrected chi connectivity index (χ2v) is 4.60. The van der Waals surface area contributed by atoms with Gasteiger partial charge in [-0.3, -0.25) is 0 Å². The predicted molar refractivity (Wildman–Crippen MR) is 68.2 cm³/mol. The average molecular weight is 271 g/mol. The van der Waals surface area contributed by atoms with E-state index in [1.54, 1.807) is 29.9 Å². The Kier molecular flexibility index (Phi) is 3.85.